The van der Waals surface area contributed by atoms with Gasteiger partial charge in [0.1, 0.15) is 16.5 Å². The number of rotatable bonds is 6. The van der Waals surface area contributed by atoms with Gasteiger partial charge in [0, 0.05) is 38.6 Å². The Hall–Kier alpha value is -4.00. The van der Waals surface area contributed by atoms with Crippen LogP contribution in [0.25, 0.3) is 0 Å². The van der Waals surface area contributed by atoms with Crippen LogP contribution in [0.3, 0.4) is 0 Å². The summed E-state index contributed by atoms with van der Waals surface area (Å²) in [5, 5.41) is 8.24. The molecule has 0 aliphatic carbocycles. The predicted molar refractivity (Wildman–Crippen MR) is 117 cm³/mol. The molecular weight excluding hydrogens is 458 g/mol. The first-order chi connectivity index (χ1) is 15.8. The average Bonchev–Trinajstić information content (AvgIpc) is 3.39. The van der Waals surface area contributed by atoms with E-state index in [0.29, 0.717) is 23.1 Å². The van der Waals surface area contributed by atoms with E-state index in [1.807, 2.05) is 0 Å². The van der Waals surface area contributed by atoms with Gasteiger partial charge >= 0.3 is 12.3 Å². The van der Waals surface area contributed by atoms with Crippen molar-refractivity contribution >= 4 is 40.6 Å². The number of ether oxygens (including phenoxy) is 2. The predicted octanol–water partition coefficient (Wildman–Crippen LogP) is 3.50. The number of carbonyl (C=O) groups is 2. The van der Waals surface area contributed by atoms with Crippen LogP contribution in [0.5, 0.6) is 11.5 Å². The summed E-state index contributed by atoms with van der Waals surface area (Å²) in [6, 6.07) is 7.16. The number of aromatic nitrogens is 2. The molecule has 172 valence electrons. The topological polar surface area (TPSA) is 118 Å². The molecule has 2 aromatic heterocycles. The average molecular weight is 476 g/mol. The standard InChI is InChI=1S/C20H18F2N6O4S/c1-23-19(30)28(2)15-7-11(5-6-24-15)9-25-17-16(33-10-26-17)18(29)27-12-3-4-13-14(8-12)32-20(21,22)31-13/h3-8,10,25H,9H2,1-2H3,(H,23,30)(H,27,29). The number of hydrogen-bond donors (Lipinski definition) is 3. The minimum atomic E-state index is -3.73. The van der Waals surface area contributed by atoms with E-state index < -0.39 is 12.2 Å². The maximum atomic E-state index is 13.2. The van der Waals surface area contributed by atoms with E-state index in [0.717, 1.165) is 16.9 Å². The van der Waals surface area contributed by atoms with Crippen molar-refractivity contribution in [2.75, 3.05) is 29.6 Å². The Balaban J connectivity index is 1.42. The van der Waals surface area contributed by atoms with Crippen molar-refractivity contribution in [3.63, 3.8) is 0 Å². The molecule has 0 radical (unpaired) electrons. The number of carbonyl (C=O) groups excluding carboxylic acids is 2. The second kappa shape index (κ2) is 8.86. The second-order valence-corrected chi connectivity index (χ2v) is 7.66. The molecule has 0 atom stereocenters. The summed E-state index contributed by atoms with van der Waals surface area (Å²) < 4.78 is 35.1. The third kappa shape index (κ3) is 4.92. The molecular formula is C20H18F2N6O4S. The number of fused-ring (bicyclic) bond motifs is 1. The molecule has 1 aliphatic heterocycles. The second-order valence-electron chi connectivity index (χ2n) is 6.80. The molecule has 1 aromatic carbocycles. The molecule has 0 unspecified atom stereocenters. The van der Waals surface area contributed by atoms with Crippen LogP contribution in [0.2, 0.25) is 0 Å². The van der Waals surface area contributed by atoms with Crippen LogP contribution in [0.4, 0.5) is 30.9 Å². The lowest BCUT2D eigenvalue weighted by atomic mass is 10.2. The van der Waals surface area contributed by atoms with Crippen LogP contribution >= 0.6 is 11.3 Å². The van der Waals surface area contributed by atoms with Crippen LogP contribution in [-0.4, -0.2) is 42.3 Å². The van der Waals surface area contributed by atoms with E-state index in [1.165, 1.54) is 35.7 Å². The van der Waals surface area contributed by atoms with Crippen molar-refractivity contribution < 1.29 is 27.8 Å². The first-order valence-electron chi connectivity index (χ1n) is 9.55. The molecule has 4 rings (SSSR count). The zero-order valence-electron chi connectivity index (χ0n) is 17.4. The Morgan fingerprint density at radius 2 is 1.94 bits per heavy atom. The number of alkyl halides is 2. The highest BCUT2D eigenvalue weighted by Gasteiger charge is 2.43. The number of urea groups is 1. The Bertz CT molecular complexity index is 1200. The molecule has 10 nitrogen and oxygen atoms in total. The normalized spacial score (nSPS) is 13.3. The lowest BCUT2D eigenvalue weighted by molar-refractivity contribution is -0.286. The molecule has 1 aliphatic rings. The fourth-order valence-corrected chi connectivity index (χ4v) is 3.62. The maximum absolute atomic E-state index is 13.2. The highest BCUT2D eigenvalue weighted by Crippen LogP contribution is 2.42. The number of nitrogens with zero attached hydrogens (tertiary/aromatic N) is 3. The SMILES string of the molecule is CNC(=O)N(C)c1cc(CNc2ncsc2C(=O)Nc2ccc3c(c2)OC(F)(F)O3)ccn1. The van der Waals surface area contributed by atoms with E-state index in [2.05, 4.69) is 35.4 Å². The summed E-state index contributed by atoms with van der Waals surface area (Å²) >= 11 is 1.12. The van der Waals surface area contributed by atoms with Crippen molar-refractivity contribution in [2.45, 2.75) is 12.8 Å². The van der Waals surface area contributed by atoms with Gasteiger partial charge in [-0.05, 0) is 29.8 Å². The molecule has 0 fully saturated rings. The van der Waals surface area contributed by atoms with Crippen LogP contribution in [0, 0.1) is 0 Å². The lowest BCUT2D eigenvalue weighted by Crippen LogP contribution is -2.35. The maximum Gasteiger partial charge on any atom is 0.586 e. The highest BCUT2D eigenvalue weighted by molar-refractivity contribution is 7.12. The number of halogens is 2. The number of nitrogens with one attached hydrogen (secondary N) is 3. The Labute approximate surface area is 190 Å². The fraction of sp³-hybridized carbons (Fsp3) is 0.200. The van der Waals surface area contributed by atoms with Crippen molar-refractivity contribution in [3.05, 3.63) is 52.5 Å². The summed E-state index contributed by atoms with van der Waals surface area (Å²) in [5.41, 5.74) is 2.58. The first-order valence-corrected chi connectivity index (χ1v) is 10.4. The third-order valence-electron chi connectivity index (χ3n) is 4.56. The first kappa shape index (κ1) is 22.2. The molecule has 0 spiro atoms. The number of anilines is 3. The zero-order chi connectivity index (χ0) is 23.6. The van der Waals surface area contributed by atoms with Crippen LogP contribution in [0.1, 0.15) is 15.2 Å². The van der Waals surface area contributed by atoms with Crippen LogP contribution < -0.4 is 30.3 Å². The third-order valence-corrected chi connectivity index (χ3v) is 5.39. The van der Waals surface area contributed by atoms with Gasteiger partial charge in [-0.3, -0.25) is 9.69 Å². The van der Waals surface area contributed by atoms with E-state index in [-0.39, 0.29) is 23.2 Å². The summed E-state index contributed by atoms with van der Waals surface area (Å²) in [7, 11) is 3.12. The van der Waals surface area contributed by atoms with Gasteiger partial charge in [-0.2, -0.15) is 0 Å². The van der Waals surface area contributed by atoms with Crippen LogP contribution in [-0.2, 0) is 6.54 Å². The minimum absolute atomic E-state index is 0.114. The monoisotopic (exact) mass is 476 g/mol. The fourth-order valence-electron chi connectivity index (χ4n) is 2.96. The molecule has 0 saturated carbocycles. The Morgan fingerprint density at radius 3 is 2.73 bits per heavy atom. The summed E-state index contributed by atoms with van der Waals surface area (Å²) in [4.78, 5) is 34.5. The van der Waals surface area contributed by atoms with E-state index in [1.54, 1.807) is 25.4 Å². The molecule has 3 heterocycles. The van der Waals surface area contributed by atoms with Gasteiger partial charge in [-0.1, -0.05) is 0 Å². The number of benzene rings is 1. The van der Waals surface area contributed by atoms with Gasteiger partial charge in [0.15, 0.2) is 11.5 Å². The van der Waals surface area contributed by atoms with Gasteiger partial charge in [-0.25, -0.2) is 14.8 Å². The smallest absolute Gasteiger partial charge is 0.395 e. The van der Waals surface area contributed by atoms with Crippen molar-refractivity contribution in [1.29, 1.82) is 0 Å². The Kier molecular flexibility index (Phi) is 5.96. The van der Waals surface area contributed by atoms with E-state index in [9.17, 15) is 18.4 Å². The largest absolute Gasteiger partial charge is 0.586 e. The zero-order valence-corrected chi connectivity index (χ0v) is 18.2. The highest BCUT2D eigenvalue weighted by atomic mass is 32.1. The van der Waals surface area contributed by atoms with Gasteiger partial charge in [0.2, 0.25) is 0 Å². The van der Waals surface area contributed by atoms with Gasteiger partial charge < -0.3 is 25.4 Å². The molecule has 3 N–H and O–H groups in total. The lowest BCUT2D eigenvalue weighted by Gasteiger charge is -2.16. The molecule has 3 aromatic rings. The van der Waals surface area contributed by atoms with Gasteiger partial charge in [0.25, 0.3) is 5.91 Å². The molecule has 0 bridgehead atoms. The van der Waals surface area contributed by atoms with Crippen molar-refractivity contribution in [3.8, 4) is 11.5 Å². The van der Waals surface area contributed by atoms with Gasteiger partial charge in [-0.15, -0.1) is 20.1 Å². The van der Waals surface area contributed by atoms with Crippen molar-refractivity contribution in [1.82, 2.24) is 15.3 Å². The van der Waals surface area contributed by atoms with E-state index >= 15 is 0 Å². The number of thiazole rings is 1. The number of hydrogen-bond acceptors (Lipinski definition) is 8. The summed E-state index contributed by atoms with van der Waals surface area (Å²) in [6.07, 6.45) is -2.16. The summed E-state index contributed by atoms with van der Waals surface area (Å²) in [5.74, 6) is 0.0501. The van der Waals surface area contributed by atoms with Gasteiger partial charge in [0.05, 0.1) is 5.51 Å². The van der Waals surface area contributed by atoms with Crippen LogP contribution in [0.15, 0.2) is 42.0 Å². The Morgan fingerprint density at radius 1 is 1.15 bits per heavy atom. The quantitative estimate of drug-likeness (QED) is 0.498. The van der Waals surface area contributed by atoms with Crippen molar-refractivity contribution in [2.24, 2.45) is 0 Å². The number of pyridine rings is 1. The molecule has 13 heteroatoms. The van der Waals surface area contributed by atoms with E-state index in [4.69, 9.17) is 0 Å². The summed E-state index contributed by atoms with van der Waals surface area (Å²) in [6.45, 7) is 0.320. The molecule has 3 amide bonds. The number of amides is 3. The molecule has 0 saturated heterocycles. The minimum Gasteiger partial charge on any atom is -0.395 e. The molecule has 33 heavy (non-hydrogen) atoms.